The zero-order chi connectivity index (χ0) is 19.8. The maximum atomic E-state index is 10.7. The first-order valence-corrected chi connectivity index (χ1v) is 9.80. The van der Waals surface area contributed by atoms with Crippen LogP contribution in [-0.2, 0) is 12.1 Å². The number of nitrogens with zero attached hydrogens (tertiary/aromatic N) is 3. The van der Waals surface area contributed by atoms with Crippen molar-refractivity contribution in [3.8, 4) is 0 Å². The van der Waals surface area contributed by atoms with Gasteiger partial charge in [0.2, 0.25) is 0 Å². The van der Waals surface area contributed by atoms with E-state index in [-0.39, 0.29) is 0 Å². The van der Waals surface area contributed by atoms with Gasteiger partial charge in [0, 0.05) is 19.6 Å². The van der Waals surface area contributed by atoms with E-state index in [1.54, 1.807) is 6.92 Å². The monoisotopic (exact) mass is 379 g/mol. The van der Waals surface area contributed by atoms with Crippen LogP contribution >= 0.6 is 0 Å². The fourth-order valence-electron chi connectivity index (χ4n) is 3.11. The Morgan fingerprint density at radius 1 is 1.11 bits per heavy atom. The molecule has 0 aliphatic rings. The molecule has 0 saturated carbocycles. The molecule has 0 bridgehead atoms. The Bertz CT molecular complexity index is 901. The molecule has 148 valence electrons. The van der Waals surface area contributed by atoms with E-state index in [2.05, 4.69) is 31.2 Å². The minimum atomic E-state index is -1.00. The molecule has 0 radical (unpaired) electrons. The summed E-state index contributed by atoms with van der Waals surface area (Å²) in [6, 6.07) is 17.8. The zero-order valence-electron chi connectivity index (χ0n) is 16.6. The van der Waals surface area contributed by atoms with Crippen LogP contribution in [-0.4, -0.2) is 40.3 Å². The molecule has 6 nitrogen and oxygen atoms in total. The number of hydrogen-bond donors (Lipinski definition) is 3. The molecule has 0 spiro atoms. The van der Waals surface area contributed by atoms with Crippen LogP contribution in [0.5, 0.6) is 0 Å². The minimum absolute atomic E-state index is 0.290. The first-order valence-electron chi connectivity index (χ1n) is 9.80. The second-order valence-electron chi connectivity index (χ2n) is 7.04. The van der Waals surface area contributed by atoms with Crippen LogP contribution in [0.1, 0.15) is 25.8 Å². The molecule has 3 N–H and O–H groups in total. The first kappa shape index (κ1) is 19.9. The van der Waals surface area contributed by atoms with Crippen LogP contribution in [0.25, 0.3) is 11.0 Å². The van der Waals surface area contributed by atoms with Gasteiger partial charge in [0.15, 0.2) is 5.96 Å². The van der Waals surface area contributed by atoms with Gasteiger partial charge in [-0.2, -0.15) is 0 Å². The molecule has 6 heteroatoms. The summed E-state index contributed by atoms with van der Waals surface area (Å²) in [7, 11) is 0. The van der Waals surface area contributed by atoms with Gasteiger partial charge in [0.1, 0.15) is 5.60 Å². The molecule has 1 heterocycles. The first-order chi connectivity index (χ1) is 13.6. The van der Waals surface area contributed by atoms with Gasteiger partial charge >= 0.3 is 0 Å². The van der Waals surface area contributed by atoms with Crippen LogP contribution in [0.4, 0.5) is 0 Å². The van der Waals surface area contributed by atoms with Crippen LogP contribution in [0, 0.1) is 0 Å². The summed E-state index contributed by atoms with van der Waals surface area (Å²) in [5, 5.41) is 17.3. The second kappa shape index (κ2) is 9.37. The van der Waals surface area contributed by atoms with E-state index in [1.165, 1.54) is 0 Å². The van der Waals surface area contributed by atoms with E-state index in [0.717, 1.165) is 42.7 Å². The Hall–Kier alpha value is -2.86. The normalized spacial score (nSPS) is 14.0. The molecule has 0 amide bonds. The average Bonchev–Trinajstić information content (AvgIpc) is 3.13. The fourth-order valence-corrected chi connectivity index (χ4v) is 3.11. The lowest BCUT2D eigenvalue weighted by Crippen LogP contribution is -2.39. The largest absolute Gasteiger partial charge is 0.384 e. The lowest BCUT2D eigenvalue weighted by molar-refractivity contribution is 0.0672. The van der Waals surface area contributed by atoms with Crippen LogP contribution in [0.2, 0.25) is 0 Å². The SMILES string of the molecule is CCNC(=NCC(C)(O)c1ccccc1)NCCCn1cnc2ccccc21. The summed E-state index contributed by atoms with van der Waals surface area (Å²) in [6.07, 6.45) is 2.83. The number of para-hydroxylation sites is 2. The van der Waals surface area contributed by atoms with Crippen LogP contribution < -0.4 is 10.6 Å². The number of aromatic nitrogens is 2. The third kappa shape index (κ3) is 5.10. The molecule has 28 heavy (non-hydrogen) atoms. The highest BCUT2D eigenvalue weighted by Crippen LogP contribution is 2.20. The van der Waals surface area contributed by atoms with Gasteiger partial charge in [-0.15, -0.1) is 0 Å². The molecule has 3 rings (SSSR count). The maximum Gasteiger partial charge on any atom is 0.191 e. The third-order valence-corrected chi connectivity index (χ3v) is 4.68. The van der Waals surface area contributed by atoms with Crippen molar-refractivity contribution in [1.29, 1.82) is 0 Å². The average molecular weight is 380 g/mol. The number of benzene rings is 2. The van der Waals surface area contributed by atoms with E-state index >= 15 is 0 Å². The molecular formula is C22H29N5O. The highest BCUT2D eigenvalue weighted by Gasteiger charge is 2.22. The zero-order valence-corrected chi connectivity index (χ0v) is 16.6. The van der Waals surface area contributed by atoms with Crippen molar-refractivity contribution in [3.63, 3.8) is 0 Å². The maximum absolute atomic E-state index is 10.7. The van der Waals surface area contributed by atoms with Crippen molar-refractivity contribution in [2.75, 3.05) is 19.6 Å². The lowest BCUT2D eigenvalue weighted by atomic mass is 9.96. The molecule has 0 fully saturated rings. The Labute approximate surface area is 166 Å². The van der Waals surface area contributed by atoms with Gasteiger partial charge in [0.05, 0.1) is 23.9 Å². The van der Waals surface area contributed by atoms with Crippen molar-refractivity contribution in [1.82, 2.24) is 20.2 Å². The number of aliphatic imine (C=N–C) groups is 1. The van der Waals surface area contributed by atoms with Gasteiger partial charge in [-0.25, -0.2) is 9.98 Å². The number of aryl methyl sites for hydroxylation is 1. The Kier molecular flexibility index (Phi) is 6.66. The summed E-state index contributed by atoms with van der Waals surface area (Å²) in [5.74, 6) is 0.717. The second-order valence-corrected chi connectivity index (χ2v) is 7.04. The van der Waals surface area contributed by atoms with Gasteiger partial charge in [-0.1, -0.05) is 42.5 Å². The molecule has 1 aromatic heterocycles. The summed E-state index contributed by atoms with van der Waals surface area (Å²) < 4.78 is 2.17. The predicted octanol–water partition coefficient (Wildman–Crippen LogP) is 2.89. The van der Waals surface area contributed by atoms with E-state index in [1.807, 2.05) is 61.8 Å². The Morgan fingerprint density at radius 2 is 1.86 bits per heavy atom. The van der Waals surface area contributed by atoms with Crippen LogP contribution in [0.15, 0.2) is 65.9 Å². The van der Waals surface area contributed by atoms with E-state index in [9.17, 15) is 5.11 Å². The van der Waals surface area contributed by atoms with Crippen molar-refractivity contribution >= 4 is 17.0 Å². The topological polar surface area (TPSA) is 74.5 Å². The van der Waals surface area contributed by atoms with Gasteiger partial charge in [-0.05, 0) is 38.0 Å². The summed E-state index contributed by atoms with van der Waals surface area (Å²) in [6.45, 7) is 6.55. The molecule has 2 aromatic carbocycles. The number of hydrogen-bond acceptors (Lipinski definition) is 3. The van der Waals surface area contributed by atoms with Crippen molar-refractivity contribution in [2.45, 2.75) is 32.4 Å². The quantitative estimate of drug-likeness (QED) is 0.320. The van der Waals surface area contributed by atoms with Crippen molar-refractivity contribution in [2.24, 2.45) is 4.99 Å². The summed E-state index contributed by atoms with van der Waals surface area (Å²) >= 11 is 0. The number of rotatable bonds is 8. The smallest absolute Gasteiger partial charge is 0.191 e. The molecule has 0 aliphatic carbocycles. The highest BCUT2D eigenvalue weighted by molar-refractivity contribution is 5.79. The number of nitrogens with one attached hydrogen (secondary N) is 2. The van der Waals surface area contributed by atoms with E-state index in [4.69, 9.17) is 0 Å². The highest BCUT2D eigenvalue weighted by atomic mass is 16.3. The van der Waals surface area contributed by atoms with E-state index in [0.29, 0.717) is 12.5 Å². The number of fused-ring (bicyclic) bond motifs is 1. The number of imidazole rings is 1. The predicted molar refractivity (Wildman–Crippen MR) is 114 cm³/mol. The lowest BCUT2D eigenvalue weighted by Gasteiger charge is -2.22. The van der Waals surface area contributed by atoms with Gasteiger partial charge < -0.3 is 20.3 Å². The van der Waals surface area contributed by atoms with E-state index < -0.39 is 5.60 Å². The standard InChI is InChI=1S/C22H29N5O/c1-3-23-21(25-16-22(2,28)18-10-5-4-6-11-18)24-14-9-15-27-17-26-19-12-7-8-13-20(19)27/h4-8,10-13,17,28H,3,9,14-16H2,1-2H3,(H2,23,24,25). The van der Waals surface area contributed by atoms with Crippen molar-refractivity contribution in [3.05, 3.63) is 66.5 Å². The summed E-state index contributed by atoms with van der Waals surface area (Å²) in [5.41, 5.74) is 2.04. The minimum Gasteiger partial charge on any atom is -0.384 e. The molecular weight excluding hydrogens is 350 g/mol. The molecule has 1 unspecified atom stereocenters. The van der Waals surface area contributed by atoms with Gasteiger partial charge in [-0.3, -0.25) is 0 Å². The number of guanidine groups is 1. The summed E-state index contributed by atoms with van der Waals surface area (Å²) in [4.78, 5) is 9.00. The Morgan fingerprint density at radius 3 is 2.64 bits per heavy atom. The van der Waals surface area contributed by atoms with Gasteiger partial charge in [0.25, 0.3) is 0 Å². The number of aliphatic hydroxyl groups is 1. The third-order valence-electron chi connectivity index (χ3n) is 4.68. The van der Waals surface area contributed by atoms with Crippen LogP contribution in [0.3, 0.4) is 0 Å². The van der Waals surface area contributed by atoms with Crippen molar-refractivity contribution < 1.29 is 5.11 Å². The molecule has 1 atom stereocenters. The molecule has 0 aliphatic heterocycles. The molecule has 0 saturated heterocycles. The molecule has 3 aromatic rings. The fraction of sp³-hybridized carbons (Fsp3) is 0.364. The Balaban J connectivity index is 1.53.